The van der Waals surface area contributed by atoms with Crippen molar-refractivity contribution in [2.45, 2.75) is 84.5 Å². The van der Waals surface area contributed by atoms with Gasteiger partial charge in [0.05, 0.1) is 5.92 Å². The molecule has 27 heavy (non-hydrogen) atoms. The third kappa shape index (κ3) is 7.84. The third-order valence-corrected chi connectivity index (χ3v) is 4.60. The molecule has 156 valence electrons. The SMILES string of the molecule is CCCCCCCCC(c1cc(F)cc(F)c1)C(OCC)(OCC)OCC. The molecular formula is C22H36F2O3. The lowest BCUT2D eigenvalue weighted by atomic mass is 9.90. The van der Waals surface area contributed by atoms with E-state index in [1.807, 2.05) is 20.8 Å². The zero-order valence-corrected chi connectivity index (χ0v) is 17.4. The molecule has 1 aromatic carbocycles. The van der Waals surface area contributed by atoms with Crippen LogP contribution in [0.3, 0.4) is 0 Å². The summed E-state index contributed by atoms with van der Waals surface area (Å²) in [5, 5.41) is 0. The average molecular weight is 387 g/mol. The second-order valence-corrected chi connectivity index (χ2v) is 6.71. The first-order valence-corrected chi connectivity index (χ1v) is 10.4. The van der Waals surface area contributed by atoms with Crippen molar-refractivity contribution in [2.75, 3.05) is 19.8 Å². The monoisotopic (exact) mass is 386 g/mol. The molecule has 0 radical (unpaired) electrons. The van der Waals surface area contributed by atoms with E-state index < -0.39 is 23.5 Å². The molecule has 0 aliphatic heterocycles. The smallest absolute Gasteiger partial charge is 0.290 e. The van der Waals surface area contributed by atoms with Gasteiger partial charge in [-0.15, -0.1) is 0 Å². The lowest BCUT2D eigenvalue weighted by molar-refractivity contribution is -0.389. The molecule has 0 bridgehead atoms. The molecule has 0 amide bonds. The Balaban J connectivity index is 3.08. The lowest BCUT2D eigenvalue weighted by Gasteiger charge is -2.39. The summed E-state index contributed by atoms with van der Waals surface area (Å²) >= 11 is 0. The van der Waals surface area contributed by atoms with Crippen LogP contribution in [0.1, 0.15) is 84.1 Å². The van der Waals surface area contributed by atoms with Crippen LogP contribution in [0.25, 0.3) is 0 Å². The summed E-state index contributed by atoms with van der Waals surface area (Å²) in [6, 6.07) is 3.60. The number of rotatable bonds is 15. The summed E-state index contributed by atoms with van der Waals surface area (Å²) < 4.78 is 45.5. The van der Waals surface area contributed by atoms with E-state index in [9.17, 15) is 8.78 Å². The van der Waals surface area contributed by atoms with Crippen LogP contribution in [-0.4, -0.2) is 25.8 Å². The molecule has 1 aromatic rings. The molecule has 5 heteroatoms. The van der Waals surface area contributed by atoms with Crippen molar-refractivity contribution >= 4 is 0 Å². The van der Waals surface area contributed by atoms with Crippen molar-refractivity contribution in [1.29, 1.82) is 0 Å². The van der Waals surface area contributed by atoms with E-state index >= 15 is 0 Å². The van der Waals surface area contributed by atoms with Crippen LogP contribution < -0.4 is 0 Å². The van der Waals surface area contributed by atoms with Crippen LogP contribution in [0.4, 0.5) is 8.78 Å². The standard InChI is InChI=1S/C22H36F2O3/c1-5-9-10-11-12-13-14-21(18-15-19(23)17-20(24)16-18)22(25-6-2,26-7-3)27-8-4/h15-17,21H,5-14H2,1-4H3. The Labute approximate surface area is 163 Å². The topological polar surface area (TPSA) is 27.7 Å². The first-order valence-electron chi connectivity index (χ1n) is 10.4. The molecule has 0 heterocycles. The predicted octanol–water partition coefficient (Wildman–Crippen LogP) is 6.56. The zero-order valence-electron chi connectivity index (χ0n) is 17.4. The molecule has 0 aliphatic rings. The second-order valence-electron chi connectivity index (χ2n) is 6.71. The van der Waals surface area contributed by atoms with Gasteiger partial charge in [0.2, 0.25) is 0 Å². The number of ether oxygens (including phenoxy) is 3. The minimum atomic E-state index is -1.33. The van der Waals surface area contributed by atoms with Gasteiger partial charge in [0.1, 0.15) is 11.6 Å². The maximum absolute atomic E-state index is 13.9. The zero-order chi connectivity index (χ0) is 20.1. The normalized spacial score (nSPS) is 13.1. The summed E-state index contributed by atoms with van der Waals surface area (Å²) in [5.74, 6) is -2.94. The van der Waals surface area contributed by atoms with Crippen LogP contribution in [0.5, 0.6) is 0 Å². The lowest BCUT2D eigenvalue weighted by Crippen LogP contribution is -2.45. The Bertz CT molecular complexity index is 485. The predicted molar refractivity (Wildman–Crippen MR) is 105 cm³/mol. The van der Waals surface area contributed by atoms with Gasteiger partial charge in [0.25, 0.3) is 5.97 Å². The van der Waals surface area contributed by atoms with Gasteiger partial charge < -0.3 is 14.2 Å². The maximum Gasteiger partial charge on any atom is 0.290 e. The average Bonchev–Trinajstić information content (AvgIpc) is 2.60. The number of hydrogen-bond acceptors (Lipinski definition) is 3. The molecule has 0 aliphatic carbocycles. The maximum atomic E-state index is 13.9. The highest BCUT2D eigenvalue weighted by Gasteiger charge is 2.43. The minimum absolute atomic E-state index is 0.380. The molecule has 0 fully saturated rings. The van der Waals surface area contributed by atoms with Crippen molar-refractivity contribution in [3.63, 3.8) is 0 Å². The van der Waals surface area contributed by atoms with Gasteiger partial charge in [-0.25, -0.2) is 8.78 Å². The van der Waals surface area contributed by atoms with Gasteiger partial charge in [-0.2, -0.15) is 0 Å². The van der Waals surface area contributed by atoms with E-state index in [2.05, 4.69) is 6.92 Å². The van der Waals surface area contributed by atoms with Gasteiger partial charge >= 0.3 is 0 Å². The highest BCUT2D eigenvalue weighted by Crippen LogP contribution is 2.39. The second kappa shape index (κ2) is 13.2. The highest BCUT2D eigenvalue weighted by molar-refractivity contribution is 5.23. The number of hydrogen-bond donors (Lipinski definition) is 0. The van der Waals surface area contributed by atoms with Crippen molar-refractivity contribution in [3.05, 3.63) is 35.4 Å². The van der Waals surface area contributed by atoms with Gasteiger partial charge in [-0.3, -0.25) is 0 Å². The highest BCUT2D eigenvalue weighted by atomic mass is 19.1. The summed E-state index contributed by atoms with van der Waals surface area (Å²) in [5.41, 5.74) is 0.511. The van der Waals surface area contributed by atoms with Crippen LogP contribution >= 0.6 is 0 Å². The van der Waals surface area contributed by atoms with E-state index in [0.717, 1.165) is 25.3 Å². The van der Waals surface area contributed by atoms with E-state index in [4.69, 9.17) is 14.2 Å². The number of unbranched alkanes of at least 4 members (excludes halogenated alkanes) is 5. The quantitative estimate of drug-likeness (QED) is 0.252. The van der Waals surface area contributed by atoms with Gasteiger partial charge in [0.15, 0.2) is 0 Å². The molecule has 0 saturated carbocycles. The van der Waals surface area contributed by atoms with Crippen molar-refractivity contribution < 1.29 is 23.0 Å². The Morgan fingerprint density at radius 2 is 1.22 bits per heavy atom. The van der Waals surface area contributed by atoms with Crippen LogP contribution in [0.2, 0.25) is 0 Å². The third-order valence-electron chi connectivity index (χ3n) is 4.60. The van der Waals surface area contributed by atoms with E-state index in [0.29, 0.717) is 31.8 Å². The summed E-state index contributed by atoms with van der Waals surface area (Å²) in [7, 11) is 0. The van der Waals surface area contributed by atoms with E-state index in [1.54, 1.807) is 0 Å². The minimum Gasteiger partial charge on any atom is -0.327 e. The van der Waals surface area contributed by atoms with Crippen LogP contribution in [0.15, 0.2) is 18.2 Å². The van der Waals surface area contributed by atoms with E-state index in [1.165, 1.54) is 31.4 Å². The summed E-state index contributed by atoms with van der Waals surface area (Å²) in [6.45, 7) is 8.91. The molecule has 1 unspecified atom stereocenters. The molecular weight excluding hydrogens is 350 g/mol. The molecule has 3 nitrogen and oxygen atoms in total. The Hall–Kier alpha value is -1.04. The Morgan fingerprint density at radius 3 is 1.70 bits per heavy atom. The first kappa shape index (κ1) is 24.0. The summed E-state index contributed by atoms with van der Waals surface area (Å²) in [6.07, 6.45) is 7.46. The molecule has 1 atom stereocenters. The van der Waals surface area contributed by atoms with Gasteiger partial charge in [-0.1, -0.05) is 45.4 Å². The molecule has 0 N–H and O–H groups in total. The van der Waals surface area contributed by atoms with Crippen LogP contribution in [0, 0.1) is 11.6 Å². The largest absolute Gasteiger partial charge is 0.327 e. The molecule has 0 aromatic heterocycles. The fraction of sp³-hybridized carbons (Fsp3) is 0.727. The Morgan fingerprint density at radius 1 is 0.741 bits per heavy atom. The molecule has 0 spiro atoms. The van der Waals surface area contributed by atoms with Crippen LogP contribution in [-0.2, 0) is 14.2 Å². The van der Waals surface area contributed by atoms with E-state index in [-0.39, 0.29) is 0 Å². The number of benzene rings is 1. The molecule has 0 saturated heterocycles. The Kier molecular flexibility index (Phi) is 11.7. The van der Waals surface area contributed by atoms with Gasteiger partial charge in [-0.05, 0) is 44.9 Å². The first-order chi connectivity index (χ1) is 13.0. The summed E-state index contributed by atoms with van der Waals surface area (Å²) in [4.78, 5) is 0. The van der Waals surface area contributed by atoms with Gasteiger partial charge in [0, 0.05) is 25.9 Å². The van der Waals surface area contributed by atoms with Crippen molar-refractivity contribution in [2.24, 2.45) is 0 Å². The van der Waals surface area contributed by atoms with Crippen molar-refractivity contribution in [3.8, 4) is 0 Å². The molecule has 1 rings (SSSR count). The fourth-order valence-corrected chi connectivity index (χ4v) is 3.48. The number of halogens is 2. The van der Waals surface area contributed by atoms with Crippen molar-refractivity contribution in [1.82, 2.24) is 0 Å². The fourth-order valence-electron chi connectivity index (χ4n) is 3.48.